The number of carbonyl (C=O) groups is 1. The zero-order valence-corrected chi connectivity index (χ0v) is 21.0. The molecule has 0 bridgehead atoms. The van der Waals surface area contributed by atoms with E-state index in [-0.39, 0.29) is 30.3 Å². The molecule has 3 atom stereocenters. The topological polar surface area (TPSA) is 53.6 Å². The van der Waals surface area contributed by atoms with Gasteiger partial charge in [0, 0.05) is 25.7 Å². The van der Waals surface area contributed by atoms with E-state index >= 15 is 0 Å². The van der Waals surface area contributed by atoms with Gasteiger partial charge < -0.3 is 20.3 Å². The molecule has 38 heavy (non-hydrogen) atoms. The largest absolute Gasteiger partial charge is 0.416 e. The predicted octanol–water partition coefficient (Wildman–Crippen LogP) is 6.25. The summed E-state index contributed by atoms with van der Waals surface area (Å²) in [5, 5.41) is 6.51. The molecule has 5 nitrogen and oxygen atoms in total. The molecule has 2 aliphatic rings. The Morgan fingerprint density at radius 2 is 1.66 bits per heavy atom. The first kappa shape index (κ1) is 28.2. The molecule has 4 rings (SSSR count). The molecule has 0 saturated carbocycles. The van der Waals surface area contributed by atoms with E-state index in [4.69, 9.17) is 4.74 Å². The molecular weight excluding hydrogens is 512 g/mol. The molecule has 208 valence electrons. The van der Waals surface area contributed by atoms with Gasteiger partial charge in [0.25, 0.3) is 0 Å². The fourth-order valence-corrected chi connectivity index (χ4v) is 5.03. The van der Waals surface area contributed by atoms with Gasteiger partial charge in [-0.1, -0.05) is 30.3 Å². The Kier molecular flexibility index (Phi) is 8.27. The van der Waals surface area contributed by atoms with Gasteiger partial charge in [-0.15, -0.1) is 0 Å². The summed E-state index contributed by atoms with van der Waals surface area (Å²) in [4.78, 5) is 14.3. The number of hydrogen-bond donors (Lipinski definition) is 2. The van der Waals surface area contributed by atoms with E-state index in [2.05, 4.69) is 10.6 Å². The highest BCUT2D eigenvalue weighted by Crippen LogP contribution is 2.39. The highest BCUT2D eigenvalue weighted by atomic mass is 19.4. The summed E-state index contributed by atoms with van der Waals surface area (Å²) in [5.74, 6) is 0. The van der Waals surface area contributed by atoms with Gasteiger partial charge in [-0.25, -0.2) is 4.79 Å². The lowest BCUT2D eigenvalue weighted by atomic mass is 9.81. The number of urea groups is 1. The highest BCUT2D eigenvalue weighted by molar-refractivity contribution is 5.74. The summed E-state index contributed by atoms with van der Waals surface area (Å²) in [6.45, 7) is 3.36. The normalized spacial score (nSPS) is 23.3. The van der Waals surface area contributed by atoms with Crippen LogP contribution in [0.15, 0.2) is 48.5 Å². The number of likely N-dealkylation sites (tertiary alicyclic amines) is 1. The van der Waals surface area contributed by atoms with E-state index in [1.54, 1.807) is 4.90 Å². The lowest BCUT2D eigenvalue weighted by molar-refractivity contribution is -0.143. The first-order valence-electron chi connectivity index (χ1n) is 12.6. The van der Waals surface area contributed by atoms with Crippen molar-refractivity contribution in [3.05, 3.63) is 70.8 Å². The van der Waals surface area contributed by atoms with Crippen molar-refractivity contribution in [3.63, 3.8) is 0 Å². The molecule has 0 aliphatic carbocycles. The number of halogens is 6. The van der Waals surface area contributed by atoms with Crippen molar-refractivity contribution in [1.82, 2.24) is 15.5 Å². The van der Waals surface area contributed by atoms with Crippen LogP contribution in [0.2, 0.25) is 0 Å². The molecule has 2 fully saturated rings. The van der Waals surface area contributed by atoms with Crippen molar-refractivity contribution in [2.75, 3.05) is 26.2 Å². The molecule has 2 aliphatic heterocycles. The maximum Gasteiger partial charge on any atom is 0.416 e. The number of hydrogen-bond acceptors (Lipinski definition) is 3. The number of carbonyl (C=O) groups excluding carboxylic acids is 1. The van der Waals surface area contributed by atoms with Crippen LogP contribution in [0, 0.1) is 0 Å². The first-order valence-corrected chi connectivity index (χ1v) is 12.6. The second kappa shape index (κ2) is 11.1. The van der Waals surface area contributed by atoms with Crippen LogP contribution in [0.5, 0.6) is 0 Å². The molecule has 2 amide bonds. The number of piperidine rings is 1. The second-order valence-corrected chi connectivity index (χ2v) is 10.0. The van der Waals surface area contributed by atoms with Crippen LogP contribution in [-0.2, 0) is 22.6 Å². The average Bonchev–Trinajstić information content (AvgIpc) is 3.43. The van der Waals surface area contributed by atoms with Gasteiger partial charge in [0.2, 0.25) is 0 Å². The molecule has 0 spiro atoms. The minimum Gasteiger partial charge on any atom is -0.372 e. The van der Waals surface area contributed by atoms with Gasteiger partial charge in [-0.2, -0.15) is 26.3 Å². The van der Waals surface area contributed by atoms with Gasteiger partial charge in [-0.05, 0) is 61.9 Å². The molecule has 2 saturated heterocycles. The monoisotopic (exact) mass is 543 g/mol. The standard InChI is InChI=1S/C27H31F6N3O2/c1-18(19-13-21(26(28,29)30)15-22(14-19)27(31,32)33)38-17-25(20-7-3-2-4-8-20)10-9-23(16-34-25)35-24(37)36-11-5-6-12-36/h2-4,7-8,13-15,18,23,34H,5-6,9-12,16-17H2,1H3,(H,35,37)/t18-,23+,25?/m1/s1. The molecule has 11 heteroatoms. The molecule has 1 unspecified atom stereocenters. The fraction of sp³-hybridized carbons (Fsp3) is 0.519. The van der Waals surface area contributed by atoms with Crippen LogP contribution in [0.25, 0.3) is 0 Å². The number of benzene rings is 2. The Balaban J connectivity index is 1.49. The highest BCUT2D eigenvalue weighted by Gasteiger charge is 2.40. The van der Waals surface area contributed by atoms with Crippen LogP contribution in [-0.4, -0.2) is 43.2 Å². The maximum atomic E-state index is 13.3. The minimum atomic E-state index is -4.93. The summed E-state index contributed by atoms with van der Waals surface area (Å²) < 4.78 is 86.0. The van der Waals surface area contributed by atoms with Gasteiger partial charge in [0.15, 0.2) is 0 Å². The Hall–Kier alpha value is -2.79. The molecule has 2 aromatic carbocycles. The zero-order valence-electron chi connectivity index (χ0n) is 21.0. The van der Waals surface area contributed by atoms with Crippen LogP contribution in [0.4, 0.5) is 31.1 Å². The smallest absolute Gasteiger partial charge is 0.372 e. The van der Waals surface area contributed by atoms with E-state index in [1.165, 1.54) is 6.92 Å². The van der Waals surface area contributed by atoms with Crippen LogP contribution < -0.4 is 10.6 Å². The summed E-state index contributed by atoms with van der Waals surface area (Å²) in [6, 6.07) is 10.7. The van der Waals surface area contributed by atoms with Crippen molar-refractivity contribution in [3.8, 4) is 0 Å². The summed E-state index contributed by atoms with van der Waals surface area (Å²) >= 11 is 0. The van der Waals surface area contributed by atoms with Gasteiger partial charge in [-0.3, -0.25) is 0 Å². The van der Waals surface area contributed by atoms with E-state index in [0.717, 1.165) is 31.5 Å². The lowest BCUT2D eigenvalue weighted by Crippen LogP contribution is -2.58. The van der Waals surface area contributed by atoms with E-state index in [0.29, 0.717) is 31.5 Å². The first-order chi connectivity index (χ1) is 17.9. The number of alkyl halides is 6. The summed E-state index contributed by atoms with van der Waals surface area (Å²) in [7, 11) is 0. The Morgan fingerprint density at radius 1 is 1.05 bits per heavy atom. The molecule has 2 N–H and O–H groups in total. The van der Waals surface area contributed by atoms with Crippen molar-refractivity contribution in [2.24, 2.45) is 0 Å². The quantitative estimate of drug-likeness (QED) is 0.424. The van der Waals surface area contributed by atoms with E-state index < -0.39 is 35.1 Å². The molecule has 0 radical (unpaired) electrons. The maximum absolute atomic E-state index is 13.3. The number of amides is 2. The summed E-state index contributed by atoms with van der Waals surface area (Å²) in [5.41, 5.74) is -2.79. The third kappa shape index (κ3) is 6.61. The van der Waals surface area contributed by atoms with Gasteiger partial charge in [0.1, 0.15) is 0 Å². The molecule has 2 aromatic rings. The lowest BCUT2D eigenvalue weighted by Gasteiger charge is -2.42. The SMILES string of the molecule is C[C@@H](OCC1(c2ccccc2)CC[C@H](NC(=O)N2CCCC2)CN1)c1cc(C(F)(F)F)cc(C(F)(F)F)c1. The zero-order chi connectivity index (χ0) is 27.6. The average molecular weight is 544 g/mol. The van der Waals surface area contributed by atoms with Crippen molar-refractivity contribution >= 4 is 6.03 Å². The van der Waals surface area contributed by atoms with Crippen LogP contribution >= 0.6 is 0 Å². The van der Waals surface area contributed by atoms with Crippen molar-refractivity contribution < 1.29 is 35.9 Å². The summed E-state index contributed by atoms with van der Waals surface area (Å²) in [6.07, 6.45) is -7.75. The van der Waals surface area contributed by atoms with Gasteiger partial charge in [0.05, 0.1) is 29.4 Å². The van der Waals surface area contributed by atoms with E-state index in [1.807, 2.05) is 30.3 Å². The van der Waals surface area contributed by atoms with E-state index in [9.17, 15) is 31.1 Å². The number of rotatable bonds is 6. The number of nitrogens with one attached hydrogen (secondary N) is 2. The Labute approximate surface area is 217 Å². The van der Waals surface area contributed by atoms with Crippen LogP contribution in [0.1, 0.15) is 61.0 Å². The molecule has 2 heterocycles. The number of ether oxygens (including phenoxy) is 1. The third-order valence-electron chi connectivity index (χ3n) is 7.31. The number of nitrogens with zero attached hydrogens (tertiary/aromatic N) is 1. The van der Waals surface area contributed by atoms with Crippen molar-refractivity contribution in [1.29, 1.82) is 0 Å². The Bertz CT molecular complexity index is 1060. The third-order valence-corrected chi connectivity index (χ3v) is 7.31. The minimum absolute atomic E-state index is 0.0164. The Morgan fingerprint density at radius 3 is 2.18 bits per heavy atom. The van der Waals surface area contributed by atoms with Crippen LogP contribution in [0.3, 0.4) is 0 Å². The second-order valence-electron chi connectivity index (χ2n) is 10.0. The van der Waals surface area contributed by atoms with Gasteiger partial charge >= 0.3 is 18.4 Å². The molecular formula is C27H31F6N3O2. The fourth-order valence-electron chi connectivity index (χ4n) is 5.03. The van der Waals surface area contributed by atoms with Crippen molar-refractivity contribution in [2.45, 2.75) is 62.6 Å². The molecule has 0 aromatic heterocycles. The predicted molar refractivity (Wildman–Crippen MR) is 129 cm³/mol.